The van der Waals surface area contributed by atoms with E-state index in [0.29, 0.717) is 29.5 Å². The summed E-state index contributed by atoms with van der Waals surface area (Å²) >= 11 is 0. The Kier molecular flexibility index (Phi) is 3.24. The van der Waals surface area contributed by atoms with Crippen LogP contribution in [0.4, 0.5) is 5.82 Å². The molecule has 2 aliphatic rings. The van der Waals surface area contributed by atoms with Gasteiger partial charge in [-0.2, -0.15) is 14.6 Å². The fourth-order valence-electron chi connectivity index (χ4n) is 5.10. The van der Waals surface area contributed by atoms with Gasteiger partial charge in [0.25, 0.3) is 5.78 Å². The third-order valence-electron chi connectivity index (χ3n) is 7.28. The van der Waals surface area contributed by atoms with Crippen molar-refractivity contribution in [2.24, 2.45) is 16.7 Å². The molecule has 2 aliphatic carbocycles. The van der Waals surface area contributed by atoms with Crippen molar-refractivity contribution in [3.8, 4) is 11.8 Å². The maximum absolute atomic E-state index is 11.4. The maximum atomic E-state index is 11.4. The zero-order valence-corrected chi connectivity index (χ0v) is 15.3. The van der Waals surface area contributed by atoms with E-state index < -0.39 is 5.60 Å². The quantitative estimate of drug-likeness (QED) is 0.778. The summed E-state index contributed by atoms with van der Waals surface area (Å²) in [7, 11) is 0. The van der Waals surface area contributed by atoms with Crippen molar-refractivity contribution in [3.05, 3.63) is 17.6 Å². The van der Waals surface area contributed by atoms with Gasteiger partial charge in [0.1, 0.15) is 12.1 Å². The van der Waals surface area contributed by atoms with Crippen LogP contribution in [0.1, 0.15) is 57.7 Å². The summed E-state index contributed by atoms with van der Waals surface area (Å²) in [5.74, 6) is 7.81. The molecule has 6 heteroatoms. The molecule has 3 N–H and O–H groups in total. The smallest absolute Gasteiger partial charge is 0.254 e. The number of aliphatic hydroxyl groups is 1. The Morgan fingerprint density at radius 2 is 2.16 bits per heavy atom. The van der Waals surface area contributed by atoms with Gasteiger partial charge in [-0.25, -0.2) is 4.98 Å². The standard InChI is InChI=1S/C19H25N5O/c1-12-14(15(20)24-16(23-12)21-11-22-24)6-5-8-19(25)10-13-7-9-18(19,4)17(13,2)3/h11,13,25H,7-10,20H2,1-4H3/t13-,18+,19+/m0/s1. The van der Waals surface area contributed by atoms with Gasteiger partial charge in [0.15, 0.2) is 0 Å². The van der Waals surface area contributed by atoms with Gasteiger partial charge >= 0.3 is 0 Å². The highest BCUT2D eigenvalue weighted by molar-refractivity contribution is 5.57. The van der Waals surface area contributed by atoms with E-state index in [1.807, 2.05) is 6.92 Å². The molecule has 2 saturated carbocycles. The lowest BCUT2D eigenvalue weighted by atomic mass is 9.63. The maximum Gasteiger partial charge on any atom is 0.254 e. The van der Waals surface area contributed by atoms with Crippen LogP contribution in [0.2, 0.25) is 0 Å². The molecular formula is C19H25N5O. The number of anilines is 1. The first-order chi connectivity index (χ1) is 11.7. The Morgan fingerprint density at radius 3 is 2.80 bits per heavy atom. The number of aryl methyl sites for hydroxylation is 1. The Hall–Kier alpha value is -2.13. The lowest BCUT2D eigenvalue weighted by molar-refractivity contribution is -0.0851. The largest absolute Gasteiger partial charge is 0.388 e. The predicted octanol–water partition coefficient (Wildman–Crippen LogP) is 2.33. The van der Waals surface area contributed by atoms with Crippen LogP contribution in [0.15, 0.2) is 6.33 Å². The average Bonchev–Trinajstić information content (AvgIpc) is 3.13. The molecule has 2 aromatic heterocycles. The van der Waals surface area contributed by atoms with E-state index in [1.54, 1.807) is 0 Å². The van der Waals surface area contributed by atoms with E-state index in [9.17, 15) is 5.11 Å². The third kappa shape index (κ3) is 1.99. The number of hydrogen-bond acceptors (Lipinski definition) is 5. The van der Waals surface area contributed by atoms with Gasteiger partial charge in [-0.15, -0.1) is 0 Å². The lowest BCUT2D eigenvalue weighted by Gasteiger charge is -2.44. The van der Waals surface area contributed by atoms with Crippen molar-refractivity contribution in [1.29, 1.82) is 0 Å². The van der Waals surface area contributed by atoms with Crippen LogP contribution in [-0.4, -0.2) is 30.3 Å². The molecule has 0 saturated heterocycles. The number of nitrogens with zero attached hydrogens (tertiary/aromatic N) is 4. The zero-order valence-electron chi connectivity index (χ0n) is 15.3. The zero-order chi connectivity index (χ0) is 18.0. The van der Waals surface area contributed by atoms with Crippen molar-refractivity contribution in [3.63, 3.8) is 0 Å². The molecule has 25 heavy (non-hydrogen) atoms. The minimum Gasteiger partial charge on any atom is -0.388 e. The Balaban J connectivity index is 1.66. The van der Waals surface area contributed by atoms with Gasteiger partial charge in [-0.3, -0.25) is 0 Å². The first-order valence-electron chi connectivity index (χ1n) is 8.87. The molecule has 2 fully saturated rings. The van der Waals surface area contributed by atoms with Gasteiger partial charge in [-0.05, 0) is 37.5 Å². The van der Waals surface area contributed by atoms with Gasteiger partial charge in [0.2, 0.25) is 0 Å². The summed E-state index contributed by atoms with van der Waals surface area (Å²) in [6, 6.07) is 0. The van der Waals surface area contributed by atoms with Crippen LogP contribution < -0.4 is 5.73 Å². The molecule has 0 spiro atoms. The summed E-state index contributed by atoms with van der Waals surface area (Å²) in [6.45, 7) is 8.68. The minimum absolute atomic E-state index is 0.0892. The van der Waals surface area contributed by atoms with Crippen molar-refractivity contribution in [2.75, 3.05) is 5.73 Å². The SMILES string of the molecule is Cc1nc2ncnn2c(N)c1C#CC[C@@]1(O)C[C@@H]2CC[C@]1(C)C2(C)C. The molecule has 0 amide bonds. The van der Waals surface area contributed by atoms with Crippen molar-refractivity contribution in [1.82, 2.24) is 19.6 Å². The van der Waals surface area contributed by atoms with Gasteiger partial charge < -0.3 is 10.8 Å². The molecule has 0 aromatic carbocycles. The lowest BCUT2D eigenvalue weighted by Crippen LogP contribution is -2.46. The summed E-state index contributed by atoms with van der Waals surface area (Å²) < 4.78 is 1.49. The monoisotopic (exact) mass is 339 g/mol. The molecule has 4 rings (SSSR count). The highest BCUT2D eigenvalue weighted by Crippen LogP contribution is 2.70. The van der Waals surface area contributed by atoms with Crippen molar-refractivity contribution >= 4 is 11.6 Å². The fourth-order valence-corrected chi connectivity index (χ4v) is 5.10. The van der Waals surface area contributed by atoms with E-state index in [1.165, 1.54) is 17.3 Å². The molecule has 6 nitrogen and oxygen atoms in total. The summed E-state index contributed by atoms with van der Waals surface area (Å²) in [5, 5.41) is 15.4. The highest BCUT2D eigenvalue weighted by Gasteiger charge is 2.67. The van der Waals surface area contributed by atoms with E-state index in [4.69, 9.17) is 5.73 Å². The first kappa shape index (κ1) is 16.3. The molecule has 0 aliphatic heterocycles. The third-order valence-corrected chi connectivity index (χ3v) is 7.28. The first-order valence-corrected chi connectivity index (χ1v) is 8.87. The van der Waals surface area contributed by atoms with Gasteiger partial charge in [-0.1, -0.05) is 32.6 Å². The van der Waals surface area contributed by atoms with Crippen molar-refractivity contribution < 1.29 is 5.11 Å². The Bertz CT molecular complexity index is 921. The average molecular weight is 339 g/mol. The van der Waals surface area contributed by atoms with E-state index in [0.717, 1.165) is 18.5 Å². The topological polar surface area (TPSA) is 89.3 Å². The number of fused-ring (bicyclic) bond motifs is 3. The van der Waals surface area contributed by atoms with Crippen LogP contribution in [-0.2, 0) is 0 Å². The van der Waals surface area contributed by atoms with E-state index in [-0.39, 0.29) is 10.8 Å². The fraction of sp³-hybridized carbons (Fsp3) is 0.632. The number of nitrogen functional groups attached to an aromatic ring is 1. The molecule has 132 valence electrons. The van der Waals surface area contributed by atoms with E-state index >= 15 is 0 Å². The molecular weight excluding hydrogens is 314 g/mol. The summed E-state index contributed by atoms with van der Waals surface area (Å²) in [5.41, 5.74) is 6.90. The van der Waals surface area contributed by atoms with Crippen LogP contribution in [0.5, 0.6) is 0 Å². The van der Waals surface area contributed by atoms with Crippen LogP contribution in [0.3, 0.4) is 0 Å². The van der Waals surface area contributed by atoms with Crippen LogP contribution >= 0.6 is 0 Å². The van der Waals surface area contributed by atoms with E-state index in [2.05, 4.69) is 47.7 Å². The van der Waals surface area contributed by atoms with Gasteiger partial charge in [0, 0.05) is 11.8 Å². The molecule has 0 radical (unpaired) electrons. The number of aromatic nitrogens is 4. The predicted molar refractivity (Wildman–Crippen MR) is 95.6 cm³/mol. The highest BCUT2D eigenvalue weighted by atomic mass is 16.3. The summed E-state index contributed by atoms with van der Waals surface area (Å²) in [6.07, 6.45) is 4.99. The van der Waals surface area contributed by atoms with Crippen molar-refractivity contribution in [2.45, 2.75) is 59.0 Å². The van der Waals surface area contributed by atoms with Gasteiger partial charge in [0.05, 0.1) is 16.9 Å². The molecule has 3 atom stereocenters. The second-order valence-corrected chi connectivity index (χ2v) is 8.43. The number of rotatable bonds is 1. The second kappa shape index (κ2) is 4.95. The Morgan fingerprint density at radius 1 is 1.40 bits per heavy atom. The summed E-state index contributed by atoms with van der Waals surface area (Å²) in [4.78, 5) is 8.44. The van der Waals surface area contributed by atoms with Crippen LogP contribution in [0, 0.1) is 35.5 Å². The number of nitrogens with two attached hydrogens (primary N) is 1. The molecule has 2 aromatic rings. The molecule has 0 unspecified atom stereocenters. The number of hydrogen-bond donors (Lipinski definition) is 2. The molecule has 2 heterocycles. The Labute approximate surface area is 147 Å². The second-order valence-electron chi connectivity index (χ2n) is 8.43. The van der Waals surface area contributed by atoms with Crippen LogP contribution in [0.25, 0.3) is 5.78 Å². The minimum atomic E-state index is -0.736. The normalized spacial score (nSPS) is 32.8. The molecule has 2 bridgehead atoms.